The molecule has 3 rings (SSSR count). The molecule has 100 valence electrons. The molecule has 0 aliphatic heterocycles. The molecule has 0 N–H and O–H groups in total. The number of para-hydroxylation sites is 1. The molecule has 1 saturated carbocycles. The fraction of sp³-hybridized carbons (Fsp3) is 0.471. The van der Waals surface area contributed by atoms with Crippen molar-refractivity contribution in [1.82, 2.24) is 0 Å². The number of ketones is 1. The number of furan rings is 1. The number of Topliss-reactive ketones (excluding diaryl/α,β-unsaturated/α-hetero) is 1. The number of rotatable bonds is 2. The molecule has 1 aromatic heterocycles. The van der Waals surface area contributed by atoms with Crippen molar-refractivity contribution in [2.24, 2.45) is 11.8 Å². The molecule has 0 bridgehead atoms. The average Bonchev–Trinajstić information content (AvgIpc) is 2.83. The molecule has 1 aliphatic carbocycles. The van der Waals surface area contributed by atoms with Crippen LogP contribution >= 0.6 is 0 Å². The van der Waals surface area contributed by atoms with Crippen molar-refractivity contribution in [3.63, 3.8) is 0 Å². The zero-order valence-electron chi connectivity index (χ0n) is 11.6. The van der Waals surface area contributed by atoms with E-state index in [1.807, 2.05) is 31.2 Å². The third kappa shape index (κ3) is 2.32. The zero-order chi connectivity index (χ0) is 13.4. The lowest BCUT2D eigenvalue weighted by Crippen LogP contribution is -2.21. The zero-order valence-corrected chi connectivity index (χ0v) is 11.6. The van der Waals surface area contributed by atoms with Crippen LogP contribution in [0.5, 0.6) is 0 Å². The van der Waals surface area contributed by atoms with Crippen LogP contribution in [-0.2, 0) is 0 Å². The molecule has 0 saturated heterocycles. The molecule has 1 aromatic carbocycles. The highest BCUT2D eigenvalue weighted by atomic mass is 16.3. The second kappa shape index (κ2) is 4.84. The van der Waals surface area contributed by atoms with Crippen molar-refractivity contribution in [2.45, 2.75) is 39.5 Å². The van der Waals surface area contributed by atoms with Crippen molar-refractivity contribution < 1.29 is 9.21 Å². The van der Waals surface area contributed by atoms with Gasteiger partial charge in [-0.05, 0) is 37.3 Å². The molecule has 2 unspecified atom stereocenters. The molecule has 2 atom stereocenters. The minimum Gasteiger partial charge on any atom is -0.453 e. The fourth-order valence-electron chi connectivity index (χ4n) is 3.20. The van der Waals surface area contributed by atoms with Gasteiger partial charge in [-0.3, -0.25) is 4.79 Å². The first kappa shape index (κ1) is 12.5. The first-order chi connectivity index (χ1) is 9.15. The summed E-state index contributed by atoms with van der Waals surface area (Å²) >= 11 is 0. The molecule has 2 heteroatoms. The molecular weight excluding hydrogens is 236 g/mol. The molecule has 2 nitrogen and oxygen atoms in total. The molecule has 1 heterocycles. The van der Waals surface area contributed by atoms with Gasteiger partial charge in [-0.15, -0.1) is 0 Å². The highest BCUT2D eigenvalue weighted by molar-refractivity contribution is 5.99. The average molecular weight is 256 g/mol. The van der Waals surface area contributed by atoms with Gasteiger partial charge in [-0.25, -0.2) is 0 Å². The molecule has 1 aliphatic rings. The Morgan fingerprint density at radius 2 is 2.16 bits per heavy atom. The topological polar surface area (TPSA) is 30.2 Å². The molecule has 0 amide bonds. The maximum Gasteiger partial charge on any atom is 0.201 e. The van der Waals surface area contributed by atoms with Crippen molar-refractivity contribution >= 4 is 16.8 Å². The third-order valence-corrected chi connectivity index (χ3v) is 4.29. The summed E-state index contributed by atoms with van der Waals surface area (Å²) < 4.78 is 5.80. The quantitative estimate of drug-likeness (QED) is 0.726. The van der Waals surface area contributed by atoms with Gasteiger partial charge in [0, 0.05) is 11.3 Å². The fourth-order valence-corrected chi connectivity index (χ4v) is 3.20. The summed E-state index contributed by atoms with van der Waals surface area (Å²) in [7, 11) is 0. The largest absolute Gasteiger partial charge is 0.453 e. The second-order valence-corrected chi connectivity index (χ2v) is 5.94. The Kier molecular flexibility index (Phi) is 3.17. The van der Waals surface area contributed by atoms with Crippen molar-refractivity contribution in [1.29, 1.82) is 0 Å². The van der Waals surface area contributed by atoms with E-state index in [0.717, 1.165) is 35.8 Å². The maximum absolute atomic E-state index is 12.5. The number of hydrogen-bond donors (Lipinski definition) is 0. The Balaban J connectivity index is 1.91. The predicted octanol–water partition coefficient (Wildman–Crippen LogP) is 4.75. The van der Waals surface area contributed by atoms with Crippen LogP contribution in [0.1, 0.15) is 48.7 Å². The molecule has 0 spiro atoms. The van der Waals surface area contributed by atoms with Gasteiger partial charge in [0.15, 0.2) is 5.76 Å². The van der Waals surface area contributed by atoms with Gasteiger partial charge in [0.05, 0.1) is 0 Å². The summed E-state index contributed by atoms with van der Waals surface area (Å²) in [6.07, 6.45) is 4.44. The number of fused-ring (bicyclic) bond motifs is 1. The lowest BCUT2D eigenvalue weighted by atomic mass is 9.80. The van der Waals surface area contributed by atoms with Gasteiger partial charge in [0.1, 0.15) is 5.58 Å². The van der Waals surface area contributed by atoms with E-state index in [4.69, 9.17) is 4.42 Å². The summed E-state index contributed by atoms with van der Waals surface area (Å²) in [5, 5.41) is 1.03. The lowest BCUT2D eigenvalue weighted by molar-refractivity contribution is 0.0841. The van der Waals surface area contributed by atoms with E-state index in [1.54, 1.807) is 0 Å². The first-order valence-electron chi connectivity index (χ1n) is 7.18. The highest BCUT2D eigenvalue weighted by Crippen LogP contribution is 2.32. The summed E-state index contributed by atoms with van der Waals surface area (Å²) in [4.78, 5) is 12.5. The van der Waals surface area contributed by atoms with Gasteiger partial charge in [-0.1, -0.05) is 38.0 Å². The Hall–Kier alpha value is -1.57. The van der Waals surface area contributed by atoms with Gasteiger partial charge >= 0.3 is 0 Å². The van der Waals surface area contributed by atoms with Crippen LogP contribution in [0, 0.1) is 18.8 Å². The van der Waals surface area contributed by atoms with Gasteiger partial charge in [-0.2, -0.15) is 0 Å². The maximum atomic E-state index is 12.5. The molecular formula is C17H20O2. The summed E-state index contributed by atoms with van der Waals surface area (Å²) in [6, 6.07) is 7.93. The van der Waals surface area contributed by atoms with Crippen LogP contribution in [-0.4, -0.2) is 5.78 Å². The van der Waals surface area contributed by atoms with Crippen LogP contribution in [0.2, 0.25) is 0 Å². The Morgan fingerprint density at radius 1 is 1.32 bits per heavy atom. The van der Waals surface area contributed by atoms with Gasteiger partial charge in [0.25, 0.3) is 0 Å². The van der Waals surface area contributed by atoms with Crippen LogP contribution in [0.15, 0.2) is 28.7 Å². The standard InChI is InChI=1S/C17H20O2/c1-11-5-3-7-13(9-11)16(18)15-10-14-8-4-6-12(2)17(14)19-15/h4,6,8,10-11,13H,3,5,7,9H2,1-2H3. The van der Waals surface area contributed by atoms with Crippen molar-refractivity contribution in [3.8, 4) is 0 Å². The Labute approximate surface area is 113 Å². The number of hydrogen-bond acceptors (Lipinski definition) is 2. The summed E-state index contributed by atoms with van der Waals surface area (Å²) in [5.74, 6) is 1.56. The first-order valence-corrected chi connectivity index (χ1v) is 7.18. The molecule has 1 fully saturated rings. The van der Waals surface area contributed by atoms with Crippen LogP contribution in [0.4, 0.5) is 0 Å². The van der Waals surface area contributed by atoms with Crippen LogP contribution in [0.3, 0.4) is 0 Å². The van der Waals surface area contributed by atoms with Crippen molar-refractivity contribution in [3.05, 3.63) is 35.6 Å². The highest BCUT2D eigenvalue weighted by Gasteiger charge is 2.28. The summed E-state index contributed by atoms with van der Waals surface area (Å²) in [6.45, 7) is 4.25. The third-order valence-electron chi connectivity index (χ3n) is 4.29. The number of aryl methyl sites for hydroxylation is 1. The van der Waals surface area contributed by atoms with E-state index >= 15 is 0 Å². The van der Waals surface area contributed by atoms with Gasteiger partial charge < -0.3 is 4.42 Å². The SMILES string of the molecule is Cc1cccc2cc(C(=O)C3CCCC(C)C3)oc12. The molecule has 19 heavy (non-hydrogen) atoms. The number of benzene rings is 1. The van der Waals surface area contributed by atoms with E-state index in [9.17, 15) is 4.79 Å². The van der Waals surface area contributed by atoms with E-state index in [-0.39, 0.29) is 11.7 Å². The Bertz CT molecular complexity index is 609. The van der Waals surface area contributed by atoms with E-state index < -0.39 is 0 Å². The predicted molar refractivity (Wildman–Crippen MR) is 76.4 cm³/mol. The monoisotopic (exact) mass is 256 g/mol. The van der Waals surface area contributed by atoms with Crippen LogP contribution < -0.4 is 0 Å². The minimum atomic E-state index is 0.157. The minimum absolute atomic E-state index is 0.157. The number of carbonyl (C=O) groups excluding carboxylic acids is 1. The van der Waals surface area contributed by atoms with Gasteiger partial charge in [0.2, 0.25) is 5.78 Å². The molecule has 0 radical (unpaired) electrons. The summed E-state index contributed by atoms with van der Waals surface area (Å²) in [5.41, 5.74) is 1.95. The lowest BCUT2D eigenvalue weighted by Gasteiger charge is -2.24. The normalized spacial score (nSPS) is 23.7. The van der Waals surface area contributed by atoms with Crippen LogP contribution in [0.25, 0.3) is 11.0 Å². The smallest absolute Gasteiger partial charge is 0.201 e. The van der Waals surface area contributed by atoms with E-state index in [1.165, 1.54) is 6.42 Å². The van der Waals surface area contributed by atoms with E-state index in [2.05, 4.69) is 6.92 Å². The Morgan fingerprint density at radius 3 is 2.89 bits per heavy atom. The number of carbonyl (C=O) groups is 1. The molecule has 2 aromatic rings. The van der Waals surface area contributed by atoms with E-state index in [0.29, 0.717) is 11.7 Å². The van der Waals surface area contributed by atoms with Crippen molar-refractivity contribution in [2.75, 3.05) is 0 Å². The second-order valence-electron chi connectivity index (χ2n) is 5.94.